The van der Waals surface area contributed by atoms with Gasteiger partial charge in [0.1, 0.15) is 6.17 Å². The molecule has 0 aliphatic carbocycles. The Hall–Kier alpha value is -3.92. The van der Waals surface area contributed by atoms with Gasteiger partial charge in [0.05, 0.1) is 5.69 Å². The Morgan fingerprint density at radius 2 is 1.29 bits per heavy atom. The molecule has 0 spiro atoms. The summed E-state index contributed by atoms with van der Waals surface area (Å²) in [5.41, 5.74) is 5.43. The molecular weight excluding hydrogens is 416 g/mol. The maximum Gasteiger partial charge on any atom is 0.178 e. The second kappa shape index (κ2) is 7.29. The molecular formula is C30H28N4. The van der Waals surface area contributed by atoms with Crippen molar-refractivity contribution in [3.63, 3.8) is 0 Å². The van der Waals surface area contributed by atoms with Gasteiger partial charge >= 0.3 is 0 Å². The Kier molecular flexibility index (Phi) is 4.43. The van der Waals surface area contributed by atoms with Crippen molar-refractivity contribution in [2.45, 2.75) is 32.4 Å². The van der Waals surface area contributed by atoms with E-state index in [1.165, 1.54) is 16.7 Å². The summed E-state index contributed by atoms with van der Waals surface area (Å²) in [6, 6.07) is 27.8. The first kappa shape index (κ1) is 20.7. The van der Waals surface area contributed by atoms with E-state index in [1.807, 2.05) is 0 Å². The molecule has 168 valence electrons. The predicted octanol–water partition coefficient (Wildman–Crippen LogP) is 7.24. The largest absolute Gasteiger partial charge is 0.301 e. The third-order valence-electron chi connectivity index (χ3n) is 7.97. The van der Waals surface area contributed by atoms with Crippen LogP contribution >= 0.6 is 0 Å². The molecule has 4 heteroatoms. The fourth-order valence-electron chi connectivity index (χ4n) is 5.80. The van der Waals surface area contributed by atoms with Gasteiger partial charge in [-0.1, -0.05) is 93.6 Å². The highest BCUT2D eigenvalue weighted by Gasteiger charge is 2.59. The van der Waals surface area contributed by atoms with Gasteiger partial charge in [-0.25, -0.2) is 9.97 Å². The van der Waals surface area contributed by atoms with Gasteiger partial charge in [-0.2, -0.15) is 0 Å². The molecule has 4 aromatic rings. The van der Waals surface area contributed by atoms with Gasteiger partial charge in [-0.3, -0.25) is 0 Å². The van der Waals surface area contributed by atoms with E-state index in [9.17, 15) is 0 Å². The molecule has 2 aliphatic heterocycles. The molecule has 2 atom stereocenters. The van der Waals surface area contributed by atoms with Crippen molar-refractivity contribution in [1.29, 1.82) is 0 Å². The van der Waals surface area contributed by atoms with Crippen LogP contribution in [0.2, 0.25) is 0 Å². The lowest BCUT2D eigenvalue weighted by Gasteiger charge is -2.56. The normalized spacial score (nSPS) is 22.0. The van der Waals surface area contributed by atoms with Gasteiger partial charge in [0.15, 0.2) is 11.6 Å². The van der Waals surface area contributed by atoms with Crippen LogP contribution in [0.1, 0.15) is 26.3 Å². The number of benzene rings is 3. The molecule has 4 nitrogen and oxygen atoms in total. The number of hydrogen-bond donors (Lipinski definition) is 0. The first-order valence-electron chi connectivity index (χ1n) is 11.8. The zero-order valence-corrected chi connectivity index (χ0v) is 19.8. The number of hydrogen-bond acceptors (Lipinski definition) is 4. The summed E-state index contributed by atoms with van der Waals surface area (Å²) >= 11 is 0. The number of anilines is 4. The number of rotatable bonds is 3. The summed E-state index contributed by atoms with van der Waals surface area (Å²) in [7, 11) is 0. The zero-order valence-electron chi connectivity index (χ0n) is 19.8. The summed E-state index contributed by atoms with van der Waals surface area (Å²) in [5, 5.41) is 0. The van der Waals surface area contributed by atoms with Crippen LogP contribution in [0.15, 0.2) is 104 Å². The van der Waals surface area contributed by atoms with Crippen LogP contribution in [-0.2, 0) is 5.41 Å². The quantitative estimate of drug-likeness (QED) is 0.312. The summed E-state index contributed by atoms with van der Waals surface area (Å²) in [6.07, 6.45) is 5.67. The highest BCUT2D eigenvalue weighted by molar-refractivity contribution is 5.91. The molecule has 0 saturated carbocycles. The van der Waals surface area contributed by atoms with Crippen molar-refractivity contribution in [3.8, 4) is 11.1 Å². The molecule has 2 aliphatic rings. The van der Waals surface area contributed by atoms with E-state index in [-0.39, 0.29) is 17.0 Å². The predicted molar refractivity (Wildman–Crippen MR) is 140 cm³/mol. The van der Waals surface area contributed by atoms with Crippen LogP contribution in [0.3, 0.4) is 0 Å². The second-order valence-electron chi connectivity index (χ2n) is 9.85. The molecule has 0 amide bonds. The number of fused-ring (bicyclic) bond motifs is 5. The molecule has 0 N–H and O–H groups in total. The number of aromatic nitrogens is 2. The minimum Gasteiger partial charge on any atom is -0.301 e. The Morgan fingerprint density at radius 1 is 0.735 bits per heavy atom. The van der Waals surface area contributed by atoms with Crippen LogP contribution in [-0.4, -0.2) is 16.1 Å². The Balaban J connectivity index is 1.67. The number of allylic oxidation sites excluding steroid dienone is 1. The van der Waals surface area contributed by atoms with Crippen LogP contribution in [0.25, 0.3) is 11.1 Å². The molecule has 2 unspecified atom stereocenters. The monoisotopic (exact) mass is 444 g/mol. The standard InChI is InChI=1S/C30H28N4/c1-5-30(4)23-16-10-12-18-25(23)34-27-26(31-19-20-32-27)33(28(34)29(30,2)3)24-17-11-9-15-22(24)21-13-7-6-8-14-21/h5-20,28H,1H2,2-4H3. The fraction of sp³-hybridized carbons (Fsp3) is 0.200. The van der Waals surface area contributed by atoms with Gasteiger partial charge in [-0.15, -0.1) is 6.58 Å². The van der Waals surface area contributed by atoms with Crippen LogP contribution in [0.4, 0.5) is 23.0 Å². The third-order valence-corrected chi connectivity index (χ3v) is 7.97. The lowest BCUT2D eigenvalue weighted by Crippen LogP contribution is -2.60. The van der Waals surface area contributed by atoms with Gasteiger partial charge in [0.2, 0.25) is 0 Å². The molecule has 34 heavy (non-hydrogen) atoms. The molecule has 0 fully saturated rings. The molecule has 1 aromatic heterocycles. The summed E-state index contributed by atoms with van der Waals surface area (Å²) in [4.78, 5) is 14.5. The number of nitrogens with zero attached hydrogens (tertiary/aromatic N) is 4. The minimum atomic E-state index is -0.257. The van der Waals surface area contributed by atoms with E-state index in [0.717, 1.165) is 23.0 Å². The van der Waals surface area contributed by atoms with Gasteiger partial charge in [0.25, 0.3) is 0 Å². The van der Waals surface area contributed by atoms with E-state index >= 15 is 0 Å². The van der Waals surface area contributed by atoms with Crippen LogP contribution < -0.4 is 9.80 Å². The van der Waals surface area contributed by atoms with Crippen molar-refractivity contribution < 1.29 is 0 Å². The maximum atomic E-state index is 4.88. The Morgan fingerprint density at radius 3 is 1.97 bits per heavy atom. The average Bonchev–Trinajstić information content (AvgIpc) is 3.24. The van der Waals surface area contributed by atoms with E-state index in [0.29, 0.717) is 0 Å². The third kappa shape index (κ3) is 2.59. The highest BCUT2D eigenvalue weighted by Crippen LogP contribution is 2.62. The molecule has 0 bridgehead atoms. The van der Waals surface area contributed by atoms with E-state index in [4.69, 9.17) is 9.97 Å². The SMILES string of the molecule is C=CC1(C)c2ccccc2N2c3nccnc3N(c3ccccc3-c3ccccc3)C2C1(C)C. The average molecular weight is 445 g/mol. The fourth-order valence-corrected chi connectivity index (χ4v) is 5.80. The molecule has 6 rings (SSSR count). The minimum absolute atomic E-state index is 0.0346. The summed E-state index contributed by atoms with van der Waals surface area (Å²) in [6.45, 7) is 11.3. The van der Waals surface area contributed by atoms with Crippen molar-refractivity contribution in [1.82, 2.24) is 9.97 Å². The zero-order chi connectivity index (χ0) is 23.5. The Labute approximate surface area is 201 Å². The van der Waals surface area contributed by atoms with E-state index < -0.39 is 0 Å². The van der Waals surface area contributed by atoms with Crippen molar-refractivity contribution in [3.05, 3.63) is 109 Å². The highest BCUT2D eigenvalue weighted by atomic mass is 15.5. The van der Waals surface area contributed by atoms with Gasteiger partial charge < -0.3 is 9.80 Å². The Bertz CT molecular complexity index is 1390. The van der Waals surface area contributed by atoms with Crippen molar-refractivity contribution in [2.24, 2.45) is 5.41 Å². The first-order chi connectivity index (χ1) is 16.5. The summed E-state index contributed by atoms with van der Waals surface area (Å²) in [5.74, 6) is 1.77. The van der Waals surface area contributed by atoms with E-state index in [2.05, 4.69) is 122 Å². The molecule has 0 radical (unpaired) electrons. The topological polar surface area (TPSA) is 32.3 Å². The maximum absolute atomic E-state index is 4.88. The first-order valence-corrected chi connectivity index (χ1v) is 11.8. The molecule has 3 aromatic carbocycles. The smallest absolute Gasteiger partial charge is 0.178 e. The van der Waals surface area contributed by atoms with Gasteiger partial charge in [0, 0.05) is 34.5 Å². The second-order valence-corrected chi connectivity index (χ2v) is 9.85. The van der Waals surface area contributed by atoms with Crippen LogP contribution in [0, 0.1) is 5.41 Å². The van der Waals surface area contributed by atoms with Gasteiger partial charge in [-0.05, 0) is 23.3 Å². The molecule has 0 saturated heterocycles. The van der Waals surface area contributed by atoms with E-state index in [1.54, 1.807) is 12.4 Å². The summed E-state index contributed by atoms with van der Waals surface area (Å²) < 4.78 is 0. The lowest BCUT2D eigenvalue weighted by atomic mass is 9.58. The number of para-hydroxylation sites is 2. The van der Waals surface area contributed by atoms with Crippen LogP contribution in [0.5, 0.6) is 0 Å². The van der Waals surface area contributed by atoms with Crippen molar-refractivity contribution in [2.75, 3.05) is 9.80 Å². The molecule has 3 heterocycles. The van der Waals surface area contributed by atoms with Crippen molar-refractivity contribution >= 4 is 23.0 Å². The lowest BCUT2D eigenvalue weighted by molar-refractivity contribution is 0.171.